The first-order valence-corrected chi connectivity index (χ1v) is 10.1. The van der Waals surface area contributed by atoms with Crippen LogP contribution in [0.25, 0.3) is 0 Å². The van der Waals surface area contributed by atoms with Gasteiger partial charge in [-0.2, -0.15) is 21.6 Å². The predicted octanol–water partition coefficient (Wildman–Crippen LogP) is 0.387. The second-order valence-electron chi connectivity index (χ2n) is 6.99. The van der Waals surface area contributed by atoms with Crippen molar-refractivity contribution in [1.82, 2.24) is 0 Å². The molecule has 0 aromatic carbocycles. The van der Waals surface area contributed by atoms with Crippen molar-refractivity contribution in [3.63, 3.8) is 0 Å². The molecule has 4 aliphatic carbocycles. The zero-order chi connectivity index (χ0) is 17.3. The fourth-order valence-electron chi connectivity index (χ4n) is 4.76. The number of rotatable bonds is 4. The van der Waals surface area contributed by atoms with Crippen LogP contribution in [0.1, 0.15) is 38.5 Å². The first-order chi connectivity index (χ1) is 10.4. The minimum atomic E-state index is -6.48. The molecule has 7 nitrogen and oxygen atoms in total. The maximum absolute atomic E-state index is 13.3. The Morgan fingerprint density at radius 3 is 1.74 bits per heavy atom. The van der Waals surface area contributed by atoms with Crippen molar-refractivity contribution in [1.29, 1.82) is 0 Å². The first kappa shape index (κ1) is 17.0. The van der Waals surface area contributed by atoms with Crippen molar-refractivity contribution in [2.75, 3.05) is 0 Å². The summed E-state index contributed by atoms with van der Waals surface area (Å²) in [5.74, 6) is -0.509. The first-order valence-electron chi connectivity index (χ1n) is 7.21. The molecule has 0 N–H and O–H groups in total. The summed E-state index contributed by atoms with van der Waals surface area (Å²) in [6, 6.07) is 0. The molecule has 0 heterocycles. The Labute approximate surface area is 132 Å². The molecule has 4 rings (SSSR count). The molecule has 132 valence electrons. The van der Waals surface area contributed by atoms with E-state index in [4.69, 9.17) is 0 Å². The molecule has 0 radical (unpaired) electrons. The van der Waals surface area contributed by atoms with E-state index in [1.54, 1.807) is 0 Å². The van der Waals surface area contributed by atoms with Gasteiger partial charge in [-0.05, 0) is 62.2 Å². The second-order valence-corrected chi connectivity index (χ2v) is 10.3. The Hall–Kier alpha value is -0.810. The summed E-state index contributed by atoms with van der Waals surface area (Å²) in [5.41, 5.74) is -1.11. The van der Waals surface area contributed by atoms with Crippen LogP contribution < -0.4 is 5.11 Å². The van der Waals surface area contributed by atoms with Gasteiger partial charge >= 0.3 is 14.6 Å². The second kappa shape index (κ2) is 4.85. The average Bonchev–Trinajstić information content (AvgIpc) is 2.34. The summed E-state index contributed by atoms with van der Waals surface area (Å²) in [4.78, 5) is 0. The molecule has 11 heteroatoms. The van der Waals surface area contributed by atoms with E-state index in [0.717, 1.165) is 19.3 Å². The van der Waals surface area contributed by atoms with Crippen LogP contribution in [-0.2, 0) is 20.1 Å². The molecule has 0 unspecified atom stereocenters. The summed E-state index contributed by atoms with van der Waals surface area (Å²) in [5, 5.41) is 12.3. The largest absolute Gasteiger partial charge is 0.861 e. The summed E-state index contributed by atoms with van der Waals surface area (Å²) in [6.45, 7) is 0. The van der Waals surface area contributed by atoms with Gasteiger partial charge in [-0.3, -0.25) is 0 Å². The lowest BCUT2D eigenvalue weighted by atomic mass is 9.49. The lowest BCUT2D eigenvalue weighted by molar-refractivity contribution is -0.241. The lowest BCUT2D eigenvalue weighted by Gasteiger charge is -2.58. The van der Waals surface area contributed by atoms with E-state index >= 15 is 0 Å². The molecular weight excluding hydrogens is 356 g/mol. The number of alkyl halides is 2. The van der Waals surface area contributed by atoms with Crippen LogP contribution in [0.2, 0.25) is 0 Å². The summed E-state index contributed by atoms with van der Waals surface area (Å²) in [7, 11) is -12.5. The minimum Gasteiger partial charge on any atom is -0.861 e. The van der Waals surface area contributed by atoms with Gasteiger partial charge in [0.15, 0.2) is 10.1 Å². The van der Waals surface area contributed by atoms with E-state index in [0.29, 0.717) is 19.3 Å². The third kappa shape index (κ3) is 2.56. The molecule has 4 saturated carbocycles. The lowest BCUT2D eigenvalue weighted by Crippen LogP contribution is -2.54. The van der Waals surface area contributed by atoms with Gasteiger partial charge in [-0.15, -0.1) is 0 Å². The van der Waals surface area contributed by atoms with E-state index in [2.05, 4.69) is 4.40 Å². The molecule has 0 saturated heterocycles. The van der Waals surface area contributed by atoms with Crippen LogP contribution in [0.5, 0.6) is 0 Å². The number of nitrogens with zero attached hydrogens (tertiary/aromatic N) is 1. The highest BCUT2D eigenvalue weighted by molar-refractivity contribution is 8.06. The molecule has 0 aromatic rings. The highest BCUT2D eigenvalue weighted by Crippen LogP contribution is 2.60. The standard InChI is InChI=1S/C12H17F2NO6S2/c13-12(14,23(19,20)21)22(17,18)15-10(16)11-4-7-1-8(5-11)3-9(2-7)6-11/h7-9H,1-6H2,(H,15,16)(H,19,20,21)/p-2. The van der Waals surface area contributed by atoms with Gasteiger partial charge < -0.3 is 9.66 Å². The van der Waals surface area contributed by atoms with Crippen LogP contribution >= 0.6 is 0 Å². The van der Waals surface area contributed by atoms with Crippen LogP contribution in [0.15, 0.2) is 4.40 Å². The summed E-state index contributed by atoms with van der Waals surface area (Å²) < 4.78 is 77.9. The SMILES string of the molecule is O=S(=O)([O-])C(F)(F)S(=O)(=O)/N=C(\[O-])C12CC3CC(CC(C3)C1)C2. The van der Waals surface area contributed by atoms with Gasteiger partial charge in [-0.25, -0.2) is 8.42 Å². The molecule has 0 spiro atoms. The number of hydrogen-bond acceptors (Lipinski definition) is 6. The topological polar surface area (TPSA) is 127 Å². The fraction of sp³-hybridized carbons (Fsp3) is 0.917. The molecule has 4 bridgehead atoms. The molecular formula is C12H15F2NO6S2-2. The minimum absolute atomic E-state index is 0.242. The van der Waals surface area contributed by atoms with Crippen molar-refractivity contribution in [3.8, 4) is 0 Å². The van der Waals surface area contributed by atoms with Crippen molar-refractivity contribution < 1.29 is 35.3 Å². The summed E-state index contributed by atoms with van der Waals surface area (Å²) in [6.07, 6.45) is 3.95. The van der Waals surface area contributed by atoms with Crippen molar-refractivity contribution in [2.45, 2.75) is 43.1 Å². The van der Waals surface area contributed by atoms with Crippen molar-refractivity contribution in [2.24, 2.45) is 27.6 Å². The number of hydrogen-bond donors (Lipinski definition) is 0. The molecule has 0 amide bonds. The Morgan fingerprint density at radius 1 is 1.00 bits per heavy atom. The molecule has 4 fully saturated rings. The van der Waals surface area contributed by atoms with Crippen molar-refractivity contribution in [3.05, 3.63) is 0 Å². The van der Waals surface area contributed by atoms with Gasteiger partial charge in [0.1, 0.15) is 0 Å². The Kier molecular flexibility index (Phi) is 3.59. The number of halogens is 2. The van der Waals surface area contributed by atoms with Gasteiger partial charge in [0, 0.05) is 5.41 Å². The highest BCUT2D eigenvalue weighted by atomic mass is 32.3. The van der Waals surface area contributed by atoms with E-state index in [1.165, 1.54) is 0 Å². The van der Waals surface area contributed by atoms with E-state index in [9.17, 15) is 35.3 Å². The third-order valence-corrected chi connectivity index (χ3v) is 8.12. The number of sulfonamides is 1. The highest BCUT2D eigenvalue weighted by Gasteiger charge is 2.55. The molecule has 23 heavy (non-hydrogen) atoms. The van der Waals surface area contributed by atoms with E-state index in [1.807, 2.05) is 0 Å². The maximum atomic E-state index is 13.3. The van der Waals surface area contributed by atoms with Gasteiger partial charge in [0.25, 0.3) is 0 Å². The van der Waals surface area contributed by atoms with Crippen LogP contribution in [0.4, 0.5) is 8.78 Å². The molecule has 4 aliphatic rings. The fourth-order valence-corrected chi connectivity index (χ4v) is 6.42. The normalized spacial score (nSPS) is 38.0. The molecule has 0 atom stereocenters. The average molecular weight is 371 g/mol. The van der Waals surface area contributed by atoms with E-state index in [-0.39, 0.29) is 17.8 Å². The van der Waals surface area contributed by atoms with Gasteiger partial charge in [-0.1, -0.05) is 0 Å². The van der Waals surface area contributed by atoms with Crippen molar-refractivity contribution >= 4 is 26.0 Å². The van der Waals surface area contributed by atoms with Crippen LogP contribution in [0.3, 0.4) is 0 Å². The Morgan fingerprint density at radius 2 is 1.39 bits per heavy atom. The molecule has 0 aromatic heterocycles. The molecule has 0 aliphatic heterocycles. The quantitative estimate of drug-likeness (QED) is 0.399. The van der Waals surface area contributed by atoms with Gasteiger partial charge in [0.2, 0.25) is 0 Å². The maximum Gasteiger partial charge on any atom is 0.454 e. The van der Waals surface area contributed by atoms with Crippen LogP contribution in [0, 0.1) is 23.2 Å². The zero-order valence-electron chi connectivity index (χ0n) is 11.9. The summed E-state index contributed by atoms with van der Waals surface area (Å²) >= 11 is 0. The zero-order valence-corrected chi connectivity index (χ0v) is 13.6. The predicted molar refractivity (Wildman–Crippen MR) is 71.6 cm³/mol. The monoisotopic (exact) mass is 371 g/mol. The Balaban J connectivity index is 1.97. The van der Waals surface area contributed by atoms with E-state index < -0.39 is 36.0 Å². The third-order valence-electron chi connectivity index (χ3n) is 5.29. The van der Waals surface area contributed by atoms with Crippen LogP contribution in [-0.4, -0.2) is 31.9 Å². The van der Waals surface area contributed by atoms with Gasteiger partial charge in [0.05, 0.1) is 0 Å². The Bertz CT molecular complexity index is 723. The smallest absolute Gasteiger partial charge is 0.454 e.